The molecular weight excluding hydrogens is 224 g/mol. The fourth-order valence-electron chi connectivity index (χ4n) is 1.65. The van der Waals surface area contributed by atoms with Crippen LogP contribution in [-0.2, 0) is 4.79 Å². The van der Waals surface area contributed by atoms with E-state index in [1.54, 1.807) is 18.2 Å². The second-order valence-corrected chi connectivity index (χ2v) is 3.54. The quantitative estimate of drug-likeness (QED) is 0.753. The van der Waals surface area contributed by atoms with Gasteiger partial charge in [-0.1, -0.05) is 0 Å². The van der Waals surface area contributed by atoms with E-state index in [1.165, 1.54) is 14.2 Å². The number of hydrogen-bond donors (Lipinski definition) is 2. The largest absolute Gasteiger partial charge is 0.497 e. The van der Waals surface area contributed by atoms with Crippen molar-refractivity contribution in [1.82, 2.24) is 10.6 Å². The molecule has 1 aromatic carbocycles. The number of amides is 3. The van der Waals surface area contributed by atoms with Gasteiger partial charge in [0.25, 0.3) is 5.91 Å². The molecule has 0 aliphatic carbocycles. The molecule has 0 radical (unpaired) electrons. The van der Waals surface area contributed by atoms with Crippen molar-refractivity contribution < 1.29 is 19.1 Å². The van der Waals surface area contributed by atoms with Crippen LogP contribution in [0.2, 0.25) is 0 Å². The van der Waals surface area contributed by atoms with Crippen LogP contribution in [0.25, 0.3) is 0 Å². The van der Waals surface area contributed by atoms with E-state index in [-0.39, 0.29) is 5.91 Å². The van der Waals surface area contributed by atoms with Gasteiger partial charge in [-0.3, -0.25) is 10.1 Å². The Kier molecular flexibility index (Phi) is 2.86. The highest BCUT2D eigenvalue weighted by atomic mass is 16.5. The second kappa shape index (κ2) is 4.32. The summed E-state index contributed by atoms with van der Waals surface area (Å²) in [7, 11) is 3.04. The monoisotopic (exact) mass is 236 g/mol. The molecule has 3 amide bonds. The van der Waals surface area contributed by atoms with Gasteiger partial charge in [0.15, 0.2) is 0 Å². The molecule has 1 atom stereocenters. The summed E-state index contributed by atoms with van der Waals surface area (Å²) in [5.41, 5.74) is 0.615. The van der Waals surface area contributed by atoms with E-state index >= 15 is 0 Å². The van der Waals surface area contributed by atoms with Crippen molar-refractivity contribution in [3.63, 3.8) is 0 Å². The fraction of sp³-hybridized carbons (Fsp3) is 0.273. The van der Waals surface area contributed by atoms with Gasteiger partial charge in [-0.25, -0.2) is 4.79 Å². The van der Waals surface area contributed by atoms with Gasteiger partial charge in [-0.15, -0.1) is 0 Å². The summed E-state index contributed by atoms with van der Waals surface area (Å²) < 4.78 is 10.2. The molecule has 1 unspecified atom stereocenters. The summed E-state index contributed by atoms with van der Waals surface area (Å²) in [6.07, 6.45) is 0. The average Bonchev–Trinajstić information content (AvgIpc) is 2.67. The molecule has 6 heteroatoms. The van der Waals surface area contributed by atoms with Gasteiger partial charge < -0.3 is 14.8 Å². The number of benzene rings is 1. The molecular formula is C11H12N2O4. The third-order valence-electron chi connectivity index (χ3n) is 2.48. The first-order valence-corrected chi connectivity index (χ1v) is 4.98. The van der Waals surface area contributed by atoms with Crippen molar-refractivity contribution >= 4 is 11.9 Å². The molecule has 1 aromatic rings. The molecule has 6 nitrogen and oxygen atoms in total. The average molecular weight is 236 g/mol. The molecule has 0 spiro atoms. The highest BCUT2D eigenvalue weighted by molar-refractivity contribution is 6.04. The first kappa shape index (κ1) is 11.3. The SMILES string of the molecule is COc1cc(OC)cc(C2NC(=O)NC2=O)c1. The van der Waals surface area contributed by atoms with Crippen molar-refractivity contribution in [1.29, 1.82) is 0 Å². The van der Waals surface area contributed by atoms with Crippen molar-refractivity contribution in [3.8, 4) is 11.5 Å². The Labute approximate surface area is 97.9 Å². The van der Waals surface area contributed by atoms with Crippen LogP contribution >= 0.6 is 0 Å². The molecule has 17 heavy (non-hydrogen) atoms. The summed E-state index contributed by atoms with van der Waals surface area (Å²) in [4.78, 5) is 22.5. The predicted molar refractivity (Wildman–Crippen MR) is 59.0 cm³/mol. The molecule has 1 heterocycles. The van der Waals surface area contributed by atoms with Crippen molar-refractivity contribution in [2.75, 3.05) is 14.2 Å². The summed E-state index contributed by atoms with van der Waals surface area (Å²) in [5, 5.41) is 4.68. The summed E-state index contributed by atoms with van der Waals surface area (Å²) in [6.45, 7) is 0. The van der Waals surface area contributed by atoms with Crippen LogP contribution in [0.5, 0.6) is 11.5 Å². The molecule has 0 aromatic heterocycles. The van der Waals surface area contributed by atoms with Gasteiger partial charge in [0.1, 0.15) is 17.5 Å². The van der Waals surface area contributed by atoms with E-state index in [4.69, 9.17) is 9.47 Å². The van der Waals surface area contributed by atoms with Crippen LogP contribution in [-0.4, -0.2) is 26.2 Å². The summed E-state index contributed by atoms with van der Waals surface area (Å²) >= 11 is 0. The molecule has 0 saturated carbocycles. The topological polar surface area (TPSA) is 76.7 Å². The van der Waals surface area contributed by atoms with Gasteiger partial charge >= 0.3 is 6.03 Å². The van der Waals surface area contributed by atoms with Crippen molar-refractivity contribution in [2.45, 2.75) is 6.04 Å². The molecule has 2 rings (SSSR count). The number of rotatable bonds is 3. The van der Waals surface area contributed by atoms with E-state index in [0.29, 0.717) is 17.1 Å². The van der Waals surface area contributed by atoms with Gasteiger partial charge in [-0.2, -0.15) is 0 Å². The Morgan fingerprint density at radius 3 is 2.06 bits per heavy atom. The van der Waals surface area contributed by atoms with Crippen LogP contribution in [0.1, 0.15) is 11.6 Å². The molecule has 1 saturated heterocycles. The molecule has 1 aliphatic heterocycles. The molecule has 2 N–H and O–H groups in total. The van der Waals surface area contributed by atoms with Crippen LogP contribution in [0.4, 0.5) is 4.79 Å². The van der Waals surface area contributed by atoms with Gasteiger partial charge in [0.2, 0.25) is 0 Å². The predicted octanol–water partition coefficient (Wildman–Crippen LogP) is 0.584. The molecule has 1 aliphatic rings. The zero-order valence-electron chi connectivity index (χ0n) is 9.44. The number of carbonyl (C=O) groups excluding carboxylic acids is 2. The Bertz CT molecular complexity index is 450. The normalized spacial score (nSPS) is 18.6. The lowest BCUT2D eigenvalue weighted by molar-refractivity contribution is -0.120. The third-order valence-corrected chi connectivity index (χ3v) is 2.48. The van der Waals surface area contributed by atoms with Crippen LogP contribution in [0.15, 0.2) is 18.2 Å². The lowest BCUT2D eigenvalue weighted by atomic mass is 10.1. The Morgan fingerprint density at radius 1 is 1.06 bits per heavy atom. The lowest BCUT2D eigenvalue weighted by Crippen LogP contribution is -2.22. The minimum atomic E-state index is -0.702. The first-order valence-electron chi connectivity index (χ1n) is 4.98. The zero-order valence-corrected chi connectivity index (χ0v) is 9.44. The highest BCUT2D eigenvalue weighted by Gasteiger charge is 2.31. The zero-order chi connectivity index (χ0) is 12.4. The maximum atomic E-state index is 11.5. The highest BCUT2D eigenvalue weighted by Crippen LogP contribution is 2.27. The Hall–Kier alpha value is -2.24. The van der Waals surface area contributed by atoms with Crippen LogP contribution in [0.3, 0.4) is 0 Å². The molecule has 90 valence electrons. The fourth-order valence-corrected chi connectivity index (χ4v) is 1.65. The van der Waals surface area contributed by atoms with Gasteiger partial charge in [0, 0.05) is 6.07 Å². The minimum absolute atomic E-state index is 0.384. The minimum Gasteiger partial charge on any atom is -0.497 e. The number of urea groups is 1. The summed E-state index contributed by atoms with van der Waals surface area (Å²) in [5.74, 6) is 0.743. The first-order chi connectivity index (χ1) is 8.13. The molecule has 0 bridgehead atoms. The molecule has 1 fully saturated rings. The van der Waals surface area contributed by atoms with Crippen molar-refractivity contribution in [3.05, 3.63) is 23.8 Å². The maximum Gasteiger partial charge on any atom is 0.322 e. The van der Waals surface area contributed by atoms with Gasteiger partial charge in [-0.05, 0) is 17.7 Å². The number of ether oxygens (including phenoxy) is 2. The lowest BCUT2D eigenvalue weighted by Gasteiger charge is -2.11. The van der Waals surface area contributed by atoms with Crippen molar-refractivity contribution in [2.24, 2.45) is 0 Å². The van der Waals surface area contributed by atoms with Crippen LogP contribution in [0, 0.1) is 0 Å². The summed E-state index contributed by atoms with van der Waals surface area (Å²) in [6, 6.07) is 3.85. The van der Waals surface area contributed by atoms with E-state index in [9.17, 15) is 9.59 Å². The van der Waals surface area contributed by atoms with Gasteiger partial charge in [0.05, 0.1) is 14.2 Å². The Morgan fingerprint density at radius 2 is 1.65 bits per heavy atom. The second-order valence-electron chi connectivity index (χ2n) is 3.54. The van der Waals surface area contributed by atoms with E-state index in [1.807, 2.05) is 0 Å². The Balaban J connectivity index is 2.37. The number of carbonyl (C=O) groups is 2. The van der Waals surface area contributed by atoms with E-state index in [2.05, 4.69) is 10.6 Å². The third kappa shape index (κ3) is 2.15. The van der Waals surface area contributed by atoms with Crippen LogP contribution < -0.4 is 20.1 Å². The number of imide groups is 1. The number of hydrogen-bond acceptors (Lipinski definition) is 4. The van der Waals surface area contributed by atoms with E-state index in [0.717, 1.165) is 0 Å². The smallest absolute Gasteiger partial charge is 0.322 e. The maximum absolute atomic E-state index is 11.5. The number of methoxy groups -OCH3 is 2. The number of nitrogens with one attached hydrogen (secondary N) is 2. The van der Waals surface area contributed by atoms with E-state index < -0.39 is 12.1 Å². The standard InChI is InChI=1S/C11H12N2O4/c1-16-7-3-6(4-8(5-7)17-2)9-10(14)13-11(15)12-9/h3-5,9H,1-2H3,(H2,12,13,14,15).